The molecule has 1 N–H and O–H groups in total. The molecular weight excluding hydrogens is 204 g/mol. The van der Waals surface area contributed by atoms with Gasteiger partial charge in [-0.05, 0) is 37.3 Å². The second-order valence-electron chi connectivity index (χ2n) is 4.44. The van der Waals surface area contributed by atoms with Crippen molar-refractivity contribution in [3.63, 3.8) is 0 Å². The van der Waals surface area contributed by atoms with Crippen LogP contribution in [0.1, 0.15) is 52.4 Å². The number of unbranched alkanes of at least 4 members (excludes halogenated alkanes) is 2. The SMILES string of the molecule is CCCCCC1=C(C(C)C(=O)O)CCC1=O. The minimum Gasteiger partial charge on any atom is -0.481 e. The van der Waals surface area contributed by atoms with Gasteiger partial charge < -0.3 is 5.11 Å². The van der Waals surface area contributed by atoms with E-state index in [0.717, 1.165) is 36.8 Å². The fourth-order valence-corrected chi connectivity index (χ4v) is 2.21. The Bertz CT molecular complexity index is 315. The van der Waals surface area contributed by atoms with E-state index in [1.807, 2.05) is 0 Å². The number of carbonyl (C=O) groups is 2. The predicted molar refractivity (Wildman–Crippen MR) is 62.2 cm³/mol. The first-order valence-corrected chi connectivity index (χ1v) is 6.05. The van der Waals surface area contributed by atoms with Crippen LogP contribution in [0.25, 0.3) is 0 Å². The van der Waals surface area contributed by atoms with E-state index in [1.165, 1.54) is 0 Å². The fourth-order valence-electron chi connectivity index (χ4n) is 2.21. The van der Waals surface area contributed by atoms with Crippen molar-refractivity contribution in [2.45, 2.75) is 52.4 Å². The lowest BCUT2D eigenvalue weighted by Crippen LogP contribution is -2.12. The van der Waals surface area contributed by atoms with Gasteiger partial charge in [0, 0.05) is 6.42 Å². The molecule has 3 heteroatoms. The number of hydrogen-bond acceptors (Lipinski definition) is 2. The third kappa shape index (κ3) is 2.94. The molecule has 90 valence electrons. The molecule has 1 unspecified atom stereocenters. The first-order chi connectivity index (χ1) is 7.57. The van der Waals surface area contributed by atoms with E-state index in [2.05, 4.69) is 6.92 Å². The molecule has 0 aromatic heterocycles. The summed E-state index contributed by atoms with van der Waals surface area (Å²) in [6, 6.07) is 0. The zero-order chi connectivity index (χ0) is 12.1. The lowest BCUT2D eigenvalue weighted by molar-refractivity contribution is -0.139. The molecule has 0 fully saturated rings. The highest BCUT2D eigenvalue weighted by molar-refractivity contribution is 5.99. The van der Waals surface area contributed by atoms with E-state index in [0.29, 0.717) is 12.8 Å². The number of allylic oxidation sites excluding steroid dienone is 1. The minimum atomic E-state index is -0.822. The van der Waals surface area contributed by atoms with Gasteiger partial charge in [0.1, 0.15) is 0 Å². The second kappa shape index (κ2) is 5.83. The monoisotopic (exact) mass is 224 g/mol. The topological polar surface area (TPSA) is 54.4 Å². The van der Waals surface area contributed by atoms with Crippen molar-refractivity contribution in [3.05, 3.63) is 11.1 Å². The maximum Gasteiger partial charge on any atom is 0.310 e. The van der Waals surface area contributed by atoms with Crippen LogP contribution in [0, 0.1) is 5.92 Å². The molecule has 0 heterocycles. The van der Waals surface area contributed by atoms with E-state index in [1.54, 1.807) is 6.92 Å². The third-order valence-electron chi connectivity index (χ3n) is 3.27. The Balaban J connectivity index is 2.75. The quantitative estimate of drug-likeness (QED) is 0.706. The standard InChI is InChI=1S/C13H20O3/c1-3-4-5-6-11-10(7-8-12(11)14)9(2)13(15)16/h9H,3-8H2,1-2H3,(H,15,16). The number of carboxylic acids is 1. The summed E-state index contributed by atoms with van der Waals surface area (Å²) in [4.78, 5) is 22.6. The van der Waals surface area contributed by atoms with Crippen molar-refractivity contribution in [2.75, 3.05) is 0 Å². The molecular formula is C13H20O3. The van der Waals surface area contributed by atoms with Gasteiger partial charge in [-0.3, -0.25) is 9.59 Å². The number of Topliss-reactive ketones (excluding diaryl/α,β-unsaturated/α-hetero) is 1. The van der Waals surface area contributed by atoms with Crippen LogP contribution in [0.15, 0.2) is 11.1 Å². The van der Waals surface area contributed by atoms with Gasteiger partial charge in [0.25, 0.3) is 0 Å². The van der Waals surface area contributed by atoms with Gasteiger partial charge in [0.2, 0.25) is 0 Å². The molecule has 0 radical (unpaired) electrons. The van der Waals surface area contributed by atoms with Crippen LogP contribution in [0.5, 0.6) is 0 Å². The molecule has 0 aromatic rings. The van der Waals surface area contributed by atoms with Crippen LogP contribution < -0.4 is 0 Å². The largest absolute Gasteiger partial charge is 0.481 e. The molecule has 0 aliphatic heterocycles. The molecule has 0 aromatic carbocycles. The first kappa shape index (κ1) is 12.9. The van der Waals surface area contributed by atoms with Gasteiger partial charge in [-0.2, -0.15) is 0 Å². The van der Waals surface area contributed by atoms with Crippen molar-refractivity contribution in [3.8, 4) is 0 Å². The van der Waals surface area contributed by atoms with E-state index < -0.39 is 11.9 Å². The maximum absolute atomic E-state index is 11.7. The lowest BCUT2D eigenvalue weighted by Gasteiger charge is -2.10. The Morgan fingerprint density at radius 2 is 2.06 bits per heavy atom. The zero-order valence-corrected chi connectivity index (χ0v) is 10.1. The summed E-state index contributed by atoms with van der Waals surface area (Å²) in [7, 11) is 0. The van der Waals surface area contributed by atoms with Gasteiger partial charge in [-0.15, -0.1) is 0 Å². The van der Waals surface area contributed by atoms with E-state index >= 15 is 0 Å². The normalized spacial score (nSPS) is 18.0. The van der Waals surface area contributed by atoms with Crippen LogP contribution in [-0.4, -0.2) is 16.9 Å². The average Bonchev–Trinajstić information content (AvgIpc) is 2.60. The Morgan fingerprint density at radius 1 is 1.38 bits per heavy atom. The van der Waals surface area contributed by atoms with Gasteiger partial charge in [-0.1, -0.05) is 19.8 Å². The van der Waals surface area contributed by atoms with E-state index in [9.17, 15) is 9.59 Å². The van der Waals surface area contributed by atoms with Gasteiger partial charge in [0.15, 0.2) is 5.78 Å². The minimum absolute atomic E-state index is 0.166. The summed E-state index contributed by atoms with van der Waals surface area (Å²) < 4.78 is 0. The summed E-state index contributed by atoms with van der Waals surface area (Å²) in [5, 5.41) is 8.97. The summed E-state index contributed by atoms with van der Waals surface area (Å²) in [5.41, 5.74) is 1.68. The molecule has 0 amide bonds. The highest BCUT2D eigenvalue weighted by atomic mass is 16.4. The second-order valence-corrected chi connectivity index (χ2v) is 4.44. The maximum atomic E-state index is 11.7. The summed E-state index contributed by atoms with van der Waals surface area (Å²) in [6.45, 7) is 3.79. The smallest absolute Gasteiger partial charge is 0.310 e. The first-order valence-electron chi connectivity index (χ1n) is 6.05. The Labute approximate surface area is 96.5 Å². The van der Waals surface area contributed by atoms with Crippen molar-refractivity contribution in [1.82, 2.24) is 0 Å². The van der Waals surface area contributed by atoms with E-state index in [-0.39, 0.29) is 5.78 Å². The summed E-state index contributed by atoms with van der Waals surface area (Å²) in [6.07, 6.45) is 5.13. The zero-order valence-electron chi connectivity index (χ0n) is 10.1. The van der Waals surface area contributed by atoms with Gasteiger partial charge in [0.05, 0.1) is 5.92 Å². The highest BCUT2D eigenvalue weighted by Crippen LogP contribution is 2.32. The Morgan fingerprint density at radius 3 is 2.62 bits per heavy atom. The third-order valence-corrected chi connectivity index (χ3v) is 3.27. The molecule has 1 rings (SSSR count). The molecule has 0 spiro atoms. The number of hydrogen-bond donors (Lipinski definition) is 1. The molecule has 1 atom stereocenters. The number of rotatable bonds is 6. The molecule has 1 aliphatic rings. The summed E-state index contributed by atoms with van der Waals surface area (Å²) in [5.74, 6) is -1.15. The van der Waals surface area contributed by atoms with Crippen LogP contribution in [0.4, 0.5) is 0 Å². The van der Waals surface area contributed by atoms with Crippen LogP contribution in [0.2, 0.25) is 0 Å². The number of ketones is 1. The van der Waals surface area contributed by atoms with Crippen molar-refractivity contribution >= 4 is 11.8 Å². The molecule has 0 bridgehead atoms. The lowest BCUT2D eigenvalue weighted by atomic mass is 9.95. The molecule has 0 saturated carbocycles. The number of carboxylic acid groups (broad SMARTS) is 1. The highest BCUT2D eigenvalue weighted by Gasteiger charge is 2.28. The molecule has 1 aliphatic carbocycles. The Hall–Kier alpha value is -1.12. The van der Waals surface area contributed by atoms with Crippen LogP contribution in [0.3, 0.4) is 0 Å². The predicted octanol–water partition coefficient (Wildman–Crippen LogP) is 2.95. The number of aliphatic carboxylic acids is 1. The van der Waals surface area contributed by atoms with Crippen molar-refractivity contribution in [2.24, 2.45) is 5.92 Å². The average molecular weight is 224 g/mol. The molecule has 16 heavy (non-hydrogen) atoms. The van der Waals surface area contributed by atoms with Crippen LogP contribution in [-0.2, 0) is 9.59 Å². The van der Waals surface area contributed by atoms with Crippen LogP contribution >= 0.6 is 0 Å². The van der Waals surface area contributed by atoms with Gasteiger partial charge in [-0.25, -0.2) is 0 Å². The van der Waals surface area contributed by atoms with E-state index in [4.69, 9.17) is 5.11 Å². The van der Waals surface area contributed by atoms with Gasteiger partial charge >= 0.3 is 5.97 Å². The Kier molecular flexibility index (Phi) is 4.71. The molecule has 3 nitrogen and oxygen atoms in total. The van der Waals surface area contributed by atoms with Crippen molar-refractivity contribution in [1.29, 1.82) is 0 Å². The molecule has 0 saturated heterocycles. The van der Waals surface area contributed by atoms with Crippen molar-refractivity contribution < 1.29 is 14.7 Å². The summed E-state index contributed by atoms with van der Waals surface area (Å²) >= 11 is 0. The fraction of sp³-hybridized carbons (Fsp3) is 0.692. The number of carbonyl (C=O) groups excluding carboxylic acids is 1.